The Morgan fingerprint density at radius 1 is 1.22 bits per heavy atom. The smallest absolute Gasteiger partial charge is 0.0593 e. The van der Waals surface area contributed by atoms with Crippen molar-refractivity contribution in [3.63, 3.8) is 0 Å². The molecule has 18 heavy (non-hydrogen) atoms. The van der Waals surface area contributed by atoms with Crippen LogP contribution in [0.5, 0.6) is 0 Å². The van der Waals surface area contributed by atoms with Crippen LogP contribution < -0.4 is 5.32 Å². The molecule has 2 atom stereocenters. The van der Waals surface area contributed by atoms with Crippen LogP contribution in [0.2, 0.25) is 0 Å². The van der Waals surface area contributed by atoms with E-state index in [0.717, 1.165) is 32.7 Å². The zero-order valence-corrected chi connectivity index (χ0v) is 12.7. The molecular weight excluding hydrogens is 224 g/mol. The Balaban J connectivity index is 2.39. The van der Waals surface area contributed by atoms with Gasteiger partial charge in [0.25, 0.3) is 0 Å². The van der Waals surface area contributed by atoms with Gasteiger partial charge >= 0.3 is 0 Å². The molecule has 0 spiro atoms. The zero-order chi connectivity index (χ0) is 13.4. The topological polar surface area (TPSA) is 24.5 Å². The SMILES string of the molecule is CCCOCCN1CC(CCC)NCC1C(C)C. The van der Waals surface area contributed by atoms with Gasteiger partial charge in [-0.1, -0.05) is 34.1 Å². The van der Waals surface area contributed by atoms with Crippen LogP contribution >= 0.6 is 0 Å². The quantitative estimate of drug-likeness (QED) is 0.675. The molecule has 2 unspecified atom stereocenters. The Kier molecular flexibility index (Phi) is 7.87. The maximum Gasteiger partial charge on any atom is 0.0593 e. The van der Waals surface area contributed by atoms with Gasteiger partial charge in [-0.05, 0) is 18.8 Å². The van der Waals surface area contributed by atoms with Gasteiger partial charge in [-0.2, -0.15) is 0 Å². The van der Waals surface area contributed by atoms with Crippen molar-refractivity contribution < 1.29 is 4.74 Å². The number of hydrogen-bond acceptors (Lipinski definition) is 3. The molecule has 108 valence electrons. The van der Waals surface area contributed by atoms with Crippen LogP contribution in [0.3, 0.4) is 0 Å². The molecule has 0 aromatic carbocycles. The molecule has 3 heteroatoms. The summed E-state index contributed by atoms with van der Waals surface area (Å²) in [6.45, 7) is 14.3. The number of nitrogens with one attached hydrogen (secondary N) is 1. The first-order valence-electron chi connectivity index (χ1n) is 7.74. The van der Waals surface area contributed by atoms with Gasteiger partial charge in [-0.25, -0.2) is 0 Å². The second-order valence-electron chi connectivity index (χ2n) is 5.81. The van der Waals surface area contributed by atoms with Crippen LogP contribution in [-0.4, -0.2) is 49.8 Å². The standard InChI is InChI=1S/C15H32N2O/c1-5-7-14-12-17(8-10-18-9-6-2)15(11-16-14)13(3)4/h13-16H,5-12H2,1-4H3. The molecule has 0 bridgehead atoms. The summed E-state index contributed by atoms with van der Waals surface area (Å²) in [6, 6.07) is 1.35. The summed E-state index contributed by atoms with van der Waals surface area (Å²) in [5, 5.41) is 3.70. The van der Waals surface area contributed by atoms with Gasteiger partial charge in [0.15, 0.2) is 0 Å². The van der Waals surface area contributed by atoms with Gasteiger partial charge in [0.05, 0.1) is 6.61 Å². The molecule has 0 aromatic heterocycles. The van der Waals surface area contributed by atoms with Crippen molar-refractivity contribution in [2.45, 2.75) is 59.0 Å². The van der Waals surface area contributed by atoms with E-state index in [-0.39, 0.29) is 0 Å². The van der Waals surface area contributed by atoms with E-state index in [4.69, 9.17) is 4.74 Å². The van der Waals surface area contributed by atoms with Crippen molar-refractivity contribution in [3.05, 3.63) is 0 Å². The van der Waals surface area contributed by atoms with Gasteiger partial charge in [-0.15, -0.1) is 0 Å². The molecule has 1 rings (SSSR count). The van der Waals surface area contributed by atoms with Gasteiger partial charge in [0, 0.05) is 38.3 Å². The van der Waals surface area contributed by atoms with E-state index in [1.54, 1.807) is 0 Å². The van der Waals surface area contributed by atoms with Crippen LogP contribution in [0.1, 0.15) is 47.0 Å². The van der Waals surface area contributed by atoms with Crippen molar-refractivity contribution in [2.75, 3.05) is 32.8 Å². The Labute approximate surface area is 113 Å². The van der Waals surface area contributed by atoms with Crippen molar-refractivity contribution in [1.82, 2.24) is 10.2 Å². The third-order valence-electron chi connectivity index (χ3n) is 3.82. The molecule has 1 N–H and O–H groups in total. The largest absolute Gasteiger partial charge is 0.380 e. The predicted molar refractivity (Wildman–Crippen MR) is 78.0 cm³/mol. The number of rotatable bonds is 8. The Bertz CT molecular complexity index is 209. The Morgan fingerprint density at radius 2 is 2.00 bits per heavy atom. The first kappa shape index (κ1) is 15.9. The molecule has 0 radical (unpaired) electrons. The van der Waals surface area contributed by atoms with E-state index >= 15 is 0 Å². The van der Waals surface area contributed by atoms with Crippen LogP contribution in [0.4, 0.5) is 0 Å². The molecule has 0 saturated carbocycles. The summed E-state index contributed by atoms with van der Waals surface area (Å²) in [5.74, 6) is 0.714. The summed E-state index contributed by atoms with van der Waals surface area (Å²) >= 11 is 0. The minimum absolute atomic E-state index is 0.670. The molecule has 1 fully saturated rings. The molecule has 1 saturated heterocycles. The maximum atomic E-state index is 5.65. The van der Waals surface area contributed by atoms with Gasteiger partial charge < -0.3 is 10.1 Å². The van der Waals surface area contributed by atoms with Gasteiger partial charge in [0.1, 0.15) is 0 Å². The summed E-state index contributed by atoms with van der Waals surface area (Å²) in [5.41, 5.74) is 0. The van der Waals surface area contributed by atoms with E-state index in [1.165, 1.54) is 19.4 Å². The lowest BCUT2D eigenvalue weighted by atomic mass is 9.97. The summed E-state index contributed by atoms with van der Waals surface area (Å²) in [7, 11) is 0. The van der Waals surface area contributed by atoms with Crippen LogP contribution in [0.25, 0.3) is 0 Å². The van der Waals surface area contributed by atoms with Crippen LogP contribution in [-0.2, 0) is 4.74 Å². The highest BCUT2D eigenvalue weighted by Crippen LogP contribution is 2.16. The van der Waals surface area contributed by atoms with E-state index in [2.05, 4.69) is 37.9 Å². The number of hydrogen-bond donors (Lipinski definition) is 1. The minimum Gasteiger partial charge on any atom is -0.380 e. The van der Waals surface area contributed by atoms with E-state index in [1.807, 2.05) is 0 Å². The number of ether oxygens (including phenoxy) is 1. The first-order chi connectivity index (χ1) is 8.69. The fraction of sp³-hybridized carbons (Fsp3) is 1.00. The maximum absolute atomic E-state index is 5.65. The van der Waals surface area contributed by atoms with Crippen molar-refractivity contribution in [3.8, 4) is 0 Å². The normalized spacial score (nSPS) is 25.8. The zero-order valence-electron chi connectivity index (χ0n) is 12.7. The minimum atomic E-state index is 0.670. The third kappa shape index (κ3) is 5.25. The fourth-order valence-corrected chi connectivity index (χ4v) is 2.78. The molecule has 0 amide bonds. The van der Waals surface area contributed by atoms with Crippen LogP contribution in [0, 0.1) is 5.92 Å². The number of piperazine rings is 1. The lowest BCUT2D eigenvalue weighted by Gasteiger charge is -2.42. The lowest BCUT2D eigenvalue weighted by Crippen LogP contribution is -2.58. The van der Waals surface area contributed by atoms with Gasteiger partial charge in [-0.3, -0.25) is 4.90 Å². The summed E-state index contributed by atoms with van der Waals surface area (Å²) in [6.07, 6.45) is 3.68. The third-order valence-corrected chi connectivity index (χ3v) is 3.82. The predicted octanol–water partition coefficient (Wildman–Crippen LogP) is 2.51. The average Bonchev–Trinajstić information content (AvgIpc) is 2.35. The average molecular weight is 256 g/mol. The molecule has 1 aliphatic rings. The highest BCUT2D eigenvalue weighted by Gasteiger charge is 2.28. The molecular formula is C15H32N2O. The molecule has 3 nitrogen and oxygen atoms in total. The number of nitrogens with zero attached hydrogens (tertiary/aromatic N) is 1. The molecule has 1 aliphatic heterocycles. The molecule has 1 heterocycles. The second kappa shape index (κ2) is 8.89. The van der Waals surface area contributed by atoms with E-state index in [9.17, 15) is 0 Å². The Morgan fingerprint density at radius 3 is 2.61 bits per heavy atom. The second-order valence-corrected chi connectivity index (χ2v) is 5.81. The monoisotopic (exact) mass is 256 g/mol. The highest BCUT2D eigenvalue weighted by atomic mass is 16.5. The van der Waals surface area contributed by atoms with Gasteiger partial charge in [0.2, 0.25) is 0 Å². The molecule has 0 aliphatic carbocycles. The first-order valence-corrected chi connectivity index (χ1v) is 7.74. The van der Waals surface area contributed by atoms with Crippen molar-refractivity contribution in [1.29, 1.82) is 0 Å². The van der Waals surface area contributed by atoms with E-state index in [0.29, 0.717) is 18.0 Å². The lowest BCUT2D eigenvalue weighted by molar-refractivity contribution is 0.0492. The molecule has 0 aromatic rings. The van der Waals surface area contributed by atoms with Crippen LogP contribution in [0.15, 0.2) is 0 Å². The summed E-state index contributed by atoms with van der Waals surface area (Å²) < 4.78 is 5.65. The fourth-order valence-electron chi connectivity index (χ4n) is 2.78. The Hall–Kier alpha value is -0.120. The van der Waals surface area contributed by atoms with Crippen molar-refractivity contribution >= 4 is 0 Å². The summed E-state index contributed by atoms with van der Waals surface area (Å²) in [4.78, 5) is 2.64. The van der Waals surface area contributed by atoms with E-state index < -0.39 is 0 Å². The van der Waals surface area contributed by atoms with Crippen molar-refractivity contribution in [2.24, 2.45) is 5.92 Å². The highest BCUT2D eigenvalue weighted by molar-refractivity contribution is 4.87.